The third-order valence-electron chi connectivity index (χ3n) is 4.91. The van der Waals surface area contributed by atoms with E-state index in [4.69, 9.17) is 0 Å². The van der Waals surface area contributed by atoms with Crippen molar-refractivity contribution in [3.8, 4) is 0 Å². The molecule has 1 nitrogen and oxygen atoms in total. The van der Waals surface area contributed by atoms with Gasteiger partial charge in [0.05, 0.1) is 11.7 Å². The van der Waals surface area contributed by atoms with Crippen molar-refractivity contribution >= 4 is 0 Å². The predicted molar refractivity (Wildman–Crippen MR) is 81.4 cm³/mol. The van der Waals surface area contributed by atoms with Crippen molar-refractivity contribution < 1.29 is 22.7 Å². The number of aliphatic hydroxyl groups is 1. The number of hydrogen-bond donors (Lipinski definition) is 1. The standard InChI is InChI=1S/C18H22F4O/c1-11-13(5-4-8-17(11,2)3)16(23)10-12-6-7-15(19)14(9-12)18(20,21)22/h6-7,9,16,23H,4-5,8,10H2,1-3H3. The Morgan fingerprint density at radius 3 is 2.52 bits per heavy atom. The van der Waals surface area contributed by atoms with Gasteiger partial charge in [0.25, 0.3) is 0 Å². The zero-order chi connectivity index (χ0) is 17.4. The minimum Gasteiger partial charge on any atom is -0.388 e. The van der Waals surface area contributed by atoms with Crippen LogP contribution in [0.4, 0.5) is 17.6 Å². The van der Waals surface area contributed by atoms with Crippen molar-refractivity contribution in [1.82, 2.24) is 0 Å². The third-order valence-corrected chi connectivity index (χ3v) is 4.91. The monoisotopic (exact) mass is 330 g/mol. The molecule has 128 valence electrons. The highest BCUT2D eigenvalue weighted by Crippen LogP contribution is 2.41. The van der Waals surface area contributed by atoms with Gasteiger partial charge in [0.2, 0.25) is 0 Å². The molecule has 1 N–H and O–H groups in total. The number of aliphatic hydroxyl groups excluding tert-OH is 1. The van der Waals surface area contributed by atoms with Crippen LogP contribution in [-0.4, -0.2) is 11.2 Å². The summed E-state index contributed by atoms with van der Waals surface area (Å²) >= 11 is 0. The third kappa shape index (κ3) is 3.94. The van der Waals surface area contributed by atoms with Gasteiger partial charge in [-0.1, -0.05) is 25.5 Å². The first-order chi connectivity index (χ1) is 10.5. The van der Waals surface area contributed by atoms with Gasteiger partial charge in [-0.25, -0.2) is 4.39 Å². The number of rotatable bonds is 3. The summed E-state index contributed by atoms with van der Waals surface area (Å²) in [6, 6.07) is 2.91. The molecule has 0 saturated carbocycles. The zero-order valence-corrected chi connectivity index (χ0v) is 13.6. The van der Waals surface area contributed by atoms with E-state index in [1.165, 1.54) is 6.07 Å². The molecule has 23 heavy (non-hydrogen) atoms. The molecule has 0 aromatic heterocycles. The zero-order valence-electron chi connectivity index (χ0n) is 13.6. The molecule has 0 saturated heterocycles. The number of alkyl halides is 3. The predicted octanol–water partition coefficient (Wildman–Crippen LogP) is 5.27. The molecule has 0 fully saturated rings. The molecule has 1 aliphatic rings. The first-order valence-corrected chi connectivity index (χ1v) is 7.76. The van der Waals surface area contributed by atoms with Crippen LogP contribution in [0.1, 0.15) is 51.2 Å². The van der Waals surface area contributed by atoms with Crippen LogP contribution < -0.4 is 0 Å². The maximum Gasteiger partial charge on any atom is 0.419 e. The van der Waals surface area contributed by atoms with Crippen LogP contribution in [0.5, 0.6) is 0 Å². The lowest BCUT2D eigenvalue weighted by molar-refractivity contribution is -0.140. The molecule has 1 unspecified atom stereocenters. The second-order valence-corrected chi connectivity index (χ2v) is 6.92. The smallest absolute Gasteiger partial charge is 0.388 e. The maximum absolute atomic E-state index is 13.3. The molecule has 1 aromatic carbocycles. The Morgan fingerprint density at radius 1 is 1.26 bits per heavy atom. The quantitative estimate of drug-likeness (QED) is 0.591. The Labute approximate surface area is 134 Å². The molecule has 0 bridgehead atoms. The number of halogens is 4. The van der Waals surface area contributed by atoms with Crippen LogP contribution in [-0.2, 0) is 12.6 Å². The van der Waals surface area contributed by atoms with Gasteiger partial charge >= 0.3 is 6.18 Å². The molecule has 5 heteroatoms. The number of benzene rings is 1. The van der Waals surface area contributed by atoms with Crippen LogP contribution >= 0.6 is 0 Å². The van der Waals surface area contributed by atoms with Crippen LogP contribution in [0, 0.1) is 11.2 Å². The van der Waals surface area contributed by atoms with Crippen molar-refractivity contribution in [3.05, 3.63) is 46.3 Å². The summed E-state index contributed by atoms with van der Waals surface area (Å²) in [5.74, 6) is -1.29. The SMILES string of the molecule is CC1=C(C(O)Cc2ccc(F)c(C(F)(F)F)c2)CCCC1(C)C. The fourth-order valence-electron chi connectivity index (χ4n) is 3.21. The van der Waals surface area contributed by atoms with E-state index in [0.717, 1.165) is 42.5 Å². The van der Waals surface area contributed by atoms with E-state index in [1.807, 2.05) is 6.92 Å². The fourth-order valence-corrected chi connectivity index (χ4v) is 3.21. The number of hydrogen-bond acceptors (Lipinski definition) is 1. The molecule has 2 rings (SSSR count). The topological polar surface area (TPSA) is 20.2 Å². The van der Waals surface area contributed by atoms with Crippen molar-refractivity contribution in [2.45, 2.75) is 58.7 Å². The van der Waals surface area contributed by atoms with E-state index in [2.05, 4.69) is 13.8 Å². The summed E-state index contributed by atoms with van der Waals surface area (Å²) in [7, 11) is 0. The Bertz CT molecular complexity index is 614. The second kappa shape index (κ2) is 6.27. The van der Waals surface area contributed by atoms with Crippen molar-refractivity contribution in [3.63, 3.8) is 0 Å². The molecule has 1 aromatic rings. The van der Waals surface area contributed by atoms with Gasteiger partial charge in [-0.2, -0.15) is 13.2 Å². The fraction of sp³-hybridized carbons (Fsp3) is 0.556. The summed E-state index contributed by atoms with van der Waals surface area (Å²) in [6.07, 6.45) is -2.76. The van der Waals surface area contributed by atoms with E-state index in [0.29, 0.717) is 0 Å². The van der Waals surface area contributed by atoms with E-state index in [-0.39, 0.29) is 17.4 Å². The molecule has 0 spiro atoms. The van der Waals surface area contributed by atoms with E-state index >= 15 is 0 Å². The summed E-state index contributed by atoms with van der Waals surface area (Å²) in [5.41, 5.74) is 1.01. The van der Waals surface area contributed by atoms with Crippen LogP contribution in [0.2, 0.25) is 0 Å². The first-order valence-electron chi connectivity index (χ1n) is 7.76. The van der Waals surface area contributed by atoms with Gasteiger partial charge in [0, 0.05) is 6.42 Å². The molecule has 1 atom stereocenters. The van der Waals surface area contributed by atoms with Crippen LogP contribution in [0.15, 0.2) is 29.3 Å². The van der Waals surface area contributed by atoms with Gasteiger partial charge in [0.15, 0.2) is 0 Å². The van der Waals surface area contributed by atoms with E-state index in [1.54, 1.807) is 0 Å². The van der Waals surface area contributed by atoms with Gasteiger partial charge in [0.1, 0.15) is 5.82 Å². The van der Waals surface area contributed by atoms with Gasteiger partial charge in [-0.15, -0.1) is 0 Å². The minimum absolute atomic E-state index is 0.00547. The lowest BCUT2D eigenvalue weighted by atomic mass is 9.71. The van der Waals surface area contributed by atoms with E-state index in [9.17, 15) is 22.7 Å². The minimum atomic E-state index is -4.73. The van der Waals surface area contributed by atoms with Gasteiger partial charge < -0.3 is 5.11 Å². The molecule has 0 radical (unpaired) electrons. The lowest BCUT2D eigenvalue weighted by Gasteiger charge is -2.35. The van der Waals surface area contributed by atoms with Crippen molar-refractivity contribution in [2.24, 2.45) is 5.41 Å². The summed E-state index contributed by atoms with van der Waals surface area (Å²) in [5, 5.41) is 10.5. The first kappa shape index (κ1) is 18.0. The molecule has 0 aliphatic heterocycles. The van der Waals surface area contributed by atoms with Crippen molar-refractivity contribution in [1.29, 1.82) is 0 Å². The lowest BCUT2D eigenvalue weighted by Crippen LogP contribution is -2.26. The van der Waals surface area contributed by atoms with Crippen molar-refractivity contribution in [2.75, 3.05) is 0 Å². The highest BCUT2D eigenvalue weighted by atomic mass is 19.4. The van der Waals surface area contributed by atoms with Gasteiger partial charge in [-0.3, -0.25) is 0 Å². The average molecular weight is 330 g/mol. The Hall–Kier alpha value is -1.36. The average Bonchev–Trinajstić information content (AvgIpc) is 2.42. The van der Waals surface area contributed by atoms with Crippen LogP contribution in [0.25, 0.3) is 0 Å². The van der Waals surface area contributed by atoms with Crippen LogP contribution in [0.3, 0.4) is 0 Å². The normalized spacial score (nSPS) is 19.8. The van der Waals surface area contributed by atoms with E-state index < -0.39 is 23.7 Å². The maximum atomic E-state index is 13.3. The molecular weight excluding hydrogens is 308 g/mol. The number of allylic oxidation sites excluding steroid dienone is 1. The Balaban J connectivity index is 2.26. The summed E-state index contributed by atoms with van der Waals surface area (Å²) in [4.78, 5) is 0. The van der Waals surface area contributed by atoms with Gasteiger partial charge in [-0.05, 0) is 54.9 Å². The molecule has 0 heterocycles. The summed E-state index contributed by atoms with van der Waals surface area (Å²) in [6.45, 7) is 6.19. The second-order valence-electron chi connectivity index (χ2n) is 6.92. The molecular formula is C18H22F4O. The highest BCUT2D eigenvalue weighted by molar-refractivity contribution is 5.31. The molecule has 0 amide bonds. The largest absolute Gasteiger partial charge is 0.419 e. The molecule has 1 aliphatic carbocycles. The summed E-state index contributed by atoms with van der Waals surface area (Å²) < 4.78 is 51.6. The Morgan fingerprint density at radius 2 is 1.91 bits per heavy atom. The Kier molecular flexibility index (Phi) is 4.90. The highest BCUT2D eigenvalue weighted by Gasteiger charge is 2.34.